The van der Waals surface area contributed by atoms with Gasteiger partial charge in [-0.05, 0) is 31.9 Å². The average molecular weight is 265 g/mol. The Bertz CT molecular complexity index is 671. The van der Waals surface area contributed by atoms with E-state index in [2.05, 4.69) is 30.0 Å². The van der Waals surface area contributed by atoms with Gasteiger partial charge in [0.2, 0.25) is 0 Å². The predicted molar refractivity (Wildman–Crippen MR) is 82.7 cm³/mol. The number of piperidine rings is 1. The number of nitrogens with zero attached hydrogens (tertiary/aromatic N) is 2. The van der Waals surface area contributed by atoms with Gasteiger partial charge in [0, 0.05) is 35.1 Å². The number of hydrogen-bond acceptors (Lipinski definition) is 3. The summed E-state index contributed by atoms with van der Waals surface area (Å²) in [6.07, 6.45) is 2.05. The zero-order valence-electron chi connectivity index (χ0n) is 11.7. The van der Waals surface area contributed by atoms with E-state index in [0.717, 1.165) is 35.7 Å². The molecule has 0 bridgehead atoms. The van der Waals surface area contributed by atoms with Gasteiger partial charge in [-0.3, -0.25) is 0 Å². The van der Waals surface area contributed by atoms with Crippen LogP contribution in [-0.2, 0) is 0 Å². The number of benzene rings is 2. The molecule has 2 aromatic carbocycles. The SMILES string of the molecule is CC1CC(N)CCN1c1ccc(C#N)c2ccccc12. The van der Waals surface area contributed by atoms with Crippen molar-refractivity contribution in [2.75, 3.05) is 11.4 Å². The molecule has 1 heterocycles. The van der Waals surface area contributed by atoms with Crippen molar-refractivity contribution in [3.05, 3.63) is 42.0 Å². The first-order valence-corrected chi connectivity index (χ1v) is 7.15. The molecular formula is C17H19N3. The minimum atomic E-state index is 0.311. The van der Waals surface area contributed by atoms with E-state index >= 15 is 0 Å². The largest absolute Gasteiger partial charge is 0.368 e. The van der Waals surface area contributed by atoms with Crippen LogP contribution in [0.3, 0.4) is 0 Å². The van der Waals surface area contributed by atoms with Crippen LogP contribution in [-0.4, -0.2) is 18.6 Å². The molecule has 3 heteroatoms. The number of nitriles is 1. The second kappa shape index (κ2) is 5.15. The molecule has 2 atom stereocenters. The van der Waals surface area contributed by atoms with Crippen LogP contribution in [0.15, 0.2) is 36.4 Å². The molecule has 102 valence electrons. The second-order valence-electron chi connectivity index (χ2n) is 5.62. The van der Waals surface area contributed by atoms with Gasteiger partial charge < -0.3 is 10.6 Å². The van der Waals surface area contributed by atoms with E-state index in [9.17, 15) is 5.26 Å². The van der Waals surface area contributed by atoms with Crippen LogP contribution in [0.2, 0.25) is 0 Å². The van der Waals surface area contributed by atoms with Crippen molar-refractivity contribution in [3.8, 4) is 6.07 Å². The molecule has 2 N–H and O–H groups in total. The van der Waals surface area contributed by atoms with Gasteiger partial charge in [-0.1, -0.05) is 24.3 Å². The first-order chi connectivity index (χ1) is 9.70. The predicted octanol–water partition coefficient (Wildman–Crippen LogP) is 3.03. The van der Waals surface area contributed by atoms with Gasteiger partial charge in [-0.15, -0.1) is 0 Å². The van der Waals surface area contributed by atoms with Gasteiger partial charge in [0.05, 0.1) is 11.6 Å². The summed E-state index contributed by atoms with van der Waals surface area (Å²) in [5.74, 6) is 0. The van der Waals surface area contributed by atoms with Gasteiger partial charge >= 0.3 is 0 Å². The smallest absolute Gasteiger partial charge is 0.0998 e. The highest BCUT2D eigenvalue weighted by molar-refractivity contribution is 5.98. The van der Waals surface area contributed by atoms with Crippen LogP contribution in [0, 0.1) is 11.3 Å². The number of hydrogen-bond donors (Lipinski definition) is 1. The van der Waals surface area contributed by atoms with Crippen LogP contribution < -0.4 is 10.6 Å². The summed E-state index contributed by atoms with van der Waals surface area (Å²) in [6.45, 7) is 3.21. The van der Waals surface area contributed by atoms with E-state index in [0.29, 0.717) is 12.1 Å². The van der Waals surface area contributed by atoms with Crippen molar-refractivity contribution in [2.24, 2.45) is 5.73 Å². The van der Waals surface area contributed by atoms with Gasteiger partial charge in [0.25, 0.3) is 0 Å². The monoisotopic (exact) mass is 265 g/mol. The van der Waals surface area contributed by atoms with Crippen LogP contribution >= 0.6 is 0 Å². The quantitative estimate of drug-likeness (QED) is 0.862. The third-order valence-electron chi connectivity index (χ3n) is 4.25. The van der Waals surface area contributed by atoms with E-state index in [1.165, 1.54) is 5.69 Å². The first-order valence-electron chi connectivity index (χ1n) is 7.15. The fourth-order valence-corrected chi connectivity index (χ4v) is 3.20. The van der Waals surface area contributed by atoms with E-state index in [4.69, 9.17) is 5.73 Å². The maximum absolute atomic E-state index is 9.24. The fraction of sp³-hybridized carbons (Fsp3) is 0.353. The molecule has 3 rings (SSSR count). The first kappa shape index (κ1) is 13.0. The lowest BCUT2D eigenvalue weighted by atomic mass is 9.96. The van der Waals surface area contributed by atoms with E-state index < -0.39 is 0 Å². The third kappa shape index (κ3) is 2.13. The molecule has 0 aromatic heterocycles. The third-order valence-corrected chi connectivity index (χ3v) is 4.25. The molecule has 0 saturated carbocycles. The number of anilines is 1. The van der Waals surface area contributed by atoms with E-state index in [1.54, 1.807) is 0 Å². The molecule has 2 aromatic rings. The topological polar surface area (TPSA) is 53.0 Å². The Hall–Kier alpha value is -2.05. The molecule has 1 aliphatic heterocycles. The minimum Gasteiger partial charge on any atom is -0.368 e. The molecular weight excluding hydrogens is 246 g/mol. The number of fused-ring (bicyclic) bond motifs is 1. The summed E-state index contributed by atoms with van der Waals surface area (Å²) in [4.78, 5) is 2.42. The van der Waals surface area contributed by atoms with Crippen molar-refractivity contribution >= 4 is 16.5 Å². The van der Waals surface area contributed by atoms with Crippen molar-refractivity contribution in [3.63, 3.8) is 0 Å². The number of rotatable bonds is 1. The van der Waals surface area contributed by atoms with E-state index in [1.807, 2.05) is 24.3 Å². The van der Waals surface area contributed by atoms with Gasteiger partial charge in [0.1, 0.15) is 0 Å². The minimum absolute atomic E-state index is 0.311. The normalized spacial score (nSPS) is 22.8. The fourth-order valence-electron chi connectivity index (χ4n) is 3.20. The highest BCUT2D eigenvalue weighted by atomic mass is 15.2. The Balaban J connectivity index is 2.11. The molecule has 1 fully saturated rings. The maximum atomic E-state index is 9.24. The van der Waals surface area contributed by atoms with Crippen molar-refractivity contribution in [2.45, 2.75) is 31.8 Å². The molecule has 0 radical (unpaired) electrons. The van der Waals surface area contributed by atoms with Crippen molar-refractivity contribution in [1.82, 2.24) is 0 Å². The Kier molecular flexibility index (Phi) is 3.33. The molecule has 2 unspecified atom stereocenters. The van der Waals surface area contributed by atoms with Gasteiger partial charge in [-0.25, -0.2) is 0 Å². The Morgan fingerprint density at radius 2 is 1.95 bits per heavy atom. The Labute approximate surface area is 119 Å². The highest BCUT2D eigenvalue weighted by Gasteiger charge is 2.24. The molecule has 1 aliphatic rings. The van der Waals surface area contributed by atoms with Gasteiger partial charge in [-0.2, -0.15) is 5.26 Å². The van der Waals surface area contributed by atoms with E-state index in [-0.39, 0.29) is 0 Å². The summed E-state index contributed by atoms with van der Waals surface area (Å²) >= 11 is 0. The summed E-state index contributed by atoms with van der Waals surface area (Å²) in [5, 5.41) is 11.4. The number of nitrogens with two attached hydrogens (primary N) is 1. The molecule has 0 aliphatic carbocycles. The van der Waals surface area contributed by atoms with Gasteiger partial charge in [0.15, 0.2) is 0 Å². The lowest BCUT2D eigenvalue weighted by Gasteiger charge is -2.38. The van der Waals surface area contributed by atoms with Crippen LogP contribution in [0.25, 0.3) is 10.8 Å². The summed E-state index contributed by atoms with van der Waals surface area (Å²) in [6, 6.07) is 15.2. The molecule has 0 spiro atoms. The standard InChI is InChI=1S/C17H19N3/c1-12-10-14(19)8-9-20(12)17-7-6-13(11-18)15-4-2-3-5-16(15)17/h2-7,12,14H,8-10,19H2,1H3. The van der Waals surface area contributed by atoms with Crippen LogP contribution in [0.1, 0.15) is 25.3 Å². The summed E-state index contributed by atoms with van der Waals surface area (Å²) < 4.78 is 0. The summed E-state index contributed by atoms with van der Waals surface area (Å²) in [7, 11) is 0. The van der Waals surface area contributed by atoms with Crippen molar-refractivity contribution in [1.29, 1.82) is 5.26 Å². The lowest BCUT2D eigenvalue weighted by molar-refractivity contribution is 0.430. The van der Waals surface area contributed by atoms with Crippen LogP contribution in [0.4, 0.5) is 5.69 Å². The van der Waals surface area contributed by atoms with Crippen molar-refractivity contribution < 1.29 is 0 Å². The Morgan fingerprint density at radius 1 is 1.20 bits per heavy atom. The zero-order valence-corrected chi connectivity index (χ0v) is 11.7. The second-order valence-corrected chi connectivity index (χ2v) is 5.62. The molecule has 20 heavy (non-hydrogen) atoms. The molecule has 0 amide bonds. The van der Waals surface area contributed by atoms with Crippen LogP contribution in [0.5, 0.6) is 0 Å². The maximum Gasteiger partial charge on any atom is 0.0998 e. The molecule has 3 nitrogen and oxygen atoms in total. The Morgan fingerprint density at radius 3 is 2.65 bits per heavy atom. The highest BCUT2D eigenvalue weighted by Crippen LogP contribution is 2.32. The summed E-state index contributed by atoms with van der Waals surface area (Å²) in [5.41, 5.74) is 8.02. The lowest BCUT2D eigenvalue weighted by Crippen LogP contribution is -2.45. The average Bonchev–Trinajstić information content (AvgIpc) is 2.47. The molecule has 1 saturated heterocycles. The zero-order chi connectivity index (χ0) is 14.1.